The van der Waals surface area contributed by atoms with Crippen molar-refractivity contribution >= 4 is 5.91 Å². The van der Waals surface area contributed by atoms with Crippen molar-refractivity contribution in [3.8, 4) is 0 Å². The predicted molar refractivity (Wildman–Crippen MR) is 61.3 cm³/mol. The van der Waals surface area contributed by atoms with Gasteiger partial charge < -0.3 is 20.1 Å². The van der Waals surface area contributed by atoms with Gasteiger partial charge in [-0.3, -0.25) is 4.79 Å². The first kappa shape index (κ1) is 13.4. The van der Waals surface area contributed by atoms with E-state index in [1.807, 2.05) is 0 Å². The number of methoxy groups -OCH3 is 1. The van der Waals surface area contributed by atoms with Gasteiger partial charge in [-0.15, -0.1) is 0 Å². The van der Waals surface area contributed by atoms with Crippen molar-refractivity contribution in [1.29, 1.82) is 0 Å². The molecule has 1 aliphatic heterocycles. The number of ether oxygens (including phenoxy) is 2. The molecule has 1 aliphatic rings. The fourth-order valence-corrected chi connectivity index (χ4v) is 1.66. The van der Waals surface area contributed by atoms with Crippen molar-refractivity contribution in [3.63, 3.8) is 0 Å². The number of nitrogens with one attached hydrogen (secondary N) is 2. The molecule has 5 nitrogen and oxygen atoms in total. The van der Waals surface area contributed by atoms with E-state index in [1.54, 1.807) is 7.11 Å². The van der Waals surface area contributed by atoms with E-state index < -0.39 is 0 Å². The van der Waals surface area contributed by atoms with Crippen molar-refractivity contribution in [1.82, 2.24) is 10.6 Å². The third kappa shape index (κ3) is 6.05. The first-order valence-corrected chi connectivity index (χ1v) is 5.89. The number of hydrogen-bond acceptors (Lipinski definition) is 4. The van der Waals surface area contributed by atoms with Gasteiger partial charge in [-0.05, 0) is 25.8 Å². The second kappa shape index (κ2) is 8.50. The summed E-state index contributed by atoms with van der Waals surface area (Å²) in [6.45, 7) is 3.45. The molecule has 1 amide bonds. The van der Waals surface area contributed by atoms with Crippen LogP contribution >= 0.6 is 0 Å². The Morgan fingerprint density at radius 1 is 1.44 bits per heavy atom. The lowest BCUT2D eigenvalue weighted by Crippen LogP contribution is -2.43. The Morgan fingerprint density at radius 2 is 2.19 bits per heavy atom. The maximum atomic E-state index is 11.5. The maximum absolute atomic E-state index is 11.5. The lowest BCUT2D eigenvalue weighted by Gasteiger charge is -2.23. The first-order chi connectivity index (χ1) is 7.83. The van der Waals surface area contributed by atoms with Crippen LogP contribution in [0.1, 0.15) is 19.3 Å². The van der Waals surface area contributed by atoms with Gasteiger partial charge in [0.25, 0.3) is 0 Å². The summed E-state index contributed by atoms with van der Waals surface area (Å²) in [5.74, 6) is 0.0734. The number of amides is 1. The third-order valence-corrected chi connectivity index (χ3v) is 2.57. The summed E-state index contributed by atoms with van der Waals surface area (Å²) in [6, 6.07) is 0.294. The second-order valence-corrected chi connectivity index (χ2v) is 3.98. The van der Waals surface area contributed by atoms with Gasteiger partial charge in [-0.2, -0.15) is 0 Å². The molecule has 0 radical (unpaired) electrons. The Morgan fingerprint density at radius 3 is 2.88 bits per heavy atom. The summed E-state index contributed by atoms with van der Waals surface area (Å²) in [4.78, 5) is 11.5. The topological polar surface area (TPSA) is 59.6 Å². The van der Waals surface area contributed by atoms with Gasteiger partial charge >= 0.3 is 0 Å². The maximum Gasteiger partial charge on any atom is 0.234 e. The van der Waals surface area contributed by atoms with Crippen LogP contribution in [0.2, 0.25) is 0 Å². The van der Waals surface area contributed by atoms with Crippen LogP contribution in [0.15, 0.2) is 0 Å². The van der Waals surface area contributed by atoms with E-state index in [4.69, 9.17) is 9.47 Å². The van der Waals surface area contributed by atoms with Crippen molar-refractivity contribution in [2.75, 3.05) is 40.0 Å². The summed E-state index contributed by atoms with van der Waals surface area (Å²) in [5.41, 5.74) is 0. The molecule has 0 saturated carbocycles. The molecule has 2 N–H and O–H groups in total. The van der Waals surface area contributed by atoms with E-state index in [2.05, 4.69) is 10.6 Å². The molecule has 0 bridgehead atoms. The van der Waals surface area contributed by atoms with Crippen LogP contribution in [0.5, 0.6) is 0 Å². The average Bonchev–Trinajstić information content (AvgIpc) is 2.30. The molecular weight excluding hydrogens is 208 g/mol. The summed E-state index contributed by atoms with van der Waals surface area (Å²) in [6.07, 6.45) is 2.78. The Kier molecular flexibility index (Phi) is 7.12. The molecule has 1 saturated heterocycles. The molecule has 1 heterocycles. The minimum atomic E-state index is 0.0734. The van der Waals surface area contributed by atoms with Crippen LogP contribution in [0, 0.1) is 0 Å². The molecule has 16 heavy (non-hydrogen) atoms. The Bertz CT molecular complexity index is 194. The summed E-state index contributed by atoms with van der Waals surface area (Å²) in [7, 11) is 1.68. The second-order valence-electron chi connectivity index (χ2n) is 3.98. The number of carbonyl (C=O) groups is 1. The molecule has 0 aromatic rings. The van der Waals surface area contributed by atoms with E-state index in [-0.39, 0.29) is 5.91 Å². The van der Waals surface area contributed by atoms with Gasteiger partial charge in [0.1, 0.15) is 0 Å². The van der Waals surface area contributed by atoms with Crippen molar-refractivity contribution in [3.05, 3.63) is 0 Å². The molecule has 0 aromatic carbocycles. The van der Waals surface area contributed by atoms with Gasteiger partial charge in [0, 0.05) is 33.0 Å². The number of hydrogen-bond donors (Lipinski definition) is 2. The van der Waals surface area contributed by atoms with Gasteiger partial charge in [-0.25, -0.2) is 0 Å². The fourth-order valence-electron chi connectivity index (χ4n) is 1.66. The smallest absolute Gasteiger partial charge is 0.234 e. The van der Waals surface area contributed by atoms with Crippen LogP contribution in [0.3, 0.4) is 0 Å². The molecule has 94 valence electrons. The lowest BCUT2D eigenvalue weighted by atomic mass is 10.1. The number of carbonyl (C=O) groups excluding carboxylic acids is 1. The number of rotatable bonds is 7. The van der Waals surface area contributed by atoms with E-state index in [1.165, 1.54) is 0 Å². The molecule has 5 heteroatoms. The highest BCUT2D eigenvalue weighted by Crippen LogP contribution is 2.05. The molecular formula is C11H22N2O3. The monoisotopic (exact) mass is 230 g/mol. The fraction of sp³-hybridized carbons (Fsp3) is 0.909. The van der Waals surface area contributed by atoms with Crippen molar-refractivity contribution in [2.24, 2.45) is 0 Å². The van der Waals surface area contributed by atoms with E-state index in [9.17, 15) is 4.79 Å². The summed E-state index contributed by atoms with van der Waals surface area (Å²) in [5, 5.41) is 6.08. The van der Waals surface area contributed by atoms with Crippen LogP contribution in [-0.2, 0) is 14.3 Å². The highest BCUT2D eigenvalue weighted by Gasteiger charge is 2.15. The zero-order valence-electron chi connectivity index (χ0n) is 9.96. The highest BCUT2D eigenvalue weighted by atomic mass is 16.5. The van der Waals surface area contributed by atoms with Crippen molar-refractivity contribution in [2.45, 2.75) is 25.3 Å². The standard InChI is InChI=1S/C11H22N2O3/c1-15-6-2-5-12-9-11(14)13-10-3-7-16-8-4-10/h10,12H,2-9H2,1H3,(H,13,14). The highest BCUT2D eigenvalue weighted by molar-refractivity contribution is 5.78. The van der Waals surface area contributed by atoms with Crippen LogP contribution in [0.4, 0.5) is 0 Å². The van der Waals surface area contributed by atoms with E-state index in [0.29, 0.717) is 12.6 Å². The largest absolute Gasteiger partial charge is 0.385 e. The third-order valence-electron chi connectivity index (χ3n) is 2.57. The zero-order valence-corrected chi connectivity index (χ0v) is 9.96. The van der Waals surface area contributed by atoms with E-state index >= 15 is 0 Å². The molecule has 1 rings (SSSR count). The van der Waals surface area contributed by atoms with Gasteiger partial charge in [0.15, 0.2) is 0 Å². The minimum Gasteiger partial charge on any atom is -0.385 e. The Hall–Kier alpha value is -0.650. The molecule has 0 aromatic heterocycles. The molecule has 0 unspecified atom stereocenters. The quantitative estimate of drug-likeness (QED) is 0.600. The predicted octanol–water partition coefficient (Wildman–Crippen LogP) is -0.0923. The molecule has 1 fully saturated rings. The van der Waals surface area contributed by atoms with Crippen LogP contribution < -0.4 is 10.6 Å². The normalized spacial score (nSPS) is 17.3. The van der Waals surface area contributed by atoms with Gasteiger partial charge in [0.05, 0.1) is 6.54 Å². The summed E-state index contributed by atoms with van der Waals surface area (Å²) < 4.78 is 10.1. The van der Waals surface area contributed by atoms with Gasteiger partial charge in [0.2, 0.25) is 5.91 Å². The lowest BCUT2D eigenvalue weighted by molar-refractivity contribution is -0.121. The van der Waals surface area contributed by atoms with Crippen LogP contribution in [-0.4, -0.2) is 52.0 Å². The molecule has 0 aliphatic carbocycles. The SMILES string of the molecule is COCCCNCC(=O)NC1CCOCC1. The van der Waals surface area contributed by atoms with Gasteiger partial charge in [-0.1, -0.05) is 0 Å². The first-order valence-electron chi connectivity index (χ1n) is 5.89. The zero-order chi connectivity index (χ0) is 11.6. The minimum absolute atomic E-state index is 0.0734. The molecule has 0 spiro atoms. The van der Waals surface area contributed by atoms with Crippen LogP contribution in [0.25, 0.3) is 0 Å². The average molecular weight is 230 g/mol. The Labute approximate surface area is 96.9 Å². The summed E-state index contributed by atoms with van der Waals surface area (Å²) >= 11 is 0. The van der Waals surface area contributed by atoms with E-state index in [0.717, 1.165) is 45.6 Å². The Balaban J connectivity index is 1.97. The molecule has 0 atom stereocenters. The van der Waals surface area contributed by atoms with Crippen molar-refractivity contribution < 1.29 is 14.3 Å².